The molecule has 0 aromatic carbocycles. The molecular formula is C7H14O5. The minimum atomic E-state index is -1.24. The summed E-state index contributed by atoms with van der Waals surface area (Å²) in [6.07, 6.45) is -4.94. The Kier molecular flexibility index (Phi) is 3.03. The van der Waals surface area contributed by atoms with E-state index in [-0.39, 0.29) is 6.61 Å². The second kappa shape index (κ2) is 3.68. The summed E-state index contributed by atoms with van der Waals surface area (Å²) in [7, 11) is 0. The third-order valence-corrected chi connectivity index (χ3v) is 2.13. The highest BCUT2D eigenvalue weighted by Gasteiger charge is 2.41. The highest BCUT2D eigenvalue weighted by molar-refractivity contribution is 4.89. The van der Waals surface area contributed by atoms with Crippen LogP contribution in [0.2, 0.25) is 0 Å². The van der Waals surface area contributed by atoms with Crippen LogP contribution in [0.15, 0.2) is 0 Å². The van der Waals surface area contributed by atoms with E-state index in [1.54, 1.807) is 6.92 Å². The summed E-state index contributed by atoms with van der Waals surface area (Å²) < 4.78 is 5.02. The van der Waals surface area contributed by atoms with Gasteiger partial charge in [0.05, 0.1) is 12.7 Å². The molecule has 0 spiro atoms. The Labute approximate surface area is 70.2 Å². The molecule has 0 aromatic rings. The van der Waals surface area contributed by atoms with E-state index < -0.39 is 30.5 Å². The van der Waals surface area contributed by atoms with Crippen LogP contribution in [0.1, 0.15) is 6.92 Å². The first kappa shape index (κ1) is 9.88. The molecule has 72 valence electrons. The summed E-state index contributed by atoms with van der Waals surface area (Å²) >= 11 is 0. The molecule has 4 N–H and O–H groups in total. The van der Waals surface area contributed by atoms with Gasteiger partial charge in [0.25, 0.3) is 0 Å². The Morgan fingerprint density at radius 2 is 1.67 bits per heavy atom. The van der Waals surface area contributed by atoms with Crippen LogP contribution in [-0.4, -0.2) is 57.6 Å². The first-order valence-corrected chi connectivity index (χ1v) is 3.88. The van der Waals surface area contributed by atoms with E-state index in [0.717, 1.165) is 0 Å². The number of hydrogen-bond acceptors (Lipinski definition) is 5. The average Bonchev–Trinajstić information content (AvgIpc) is 2.08. The molecule has 1 heterocycles. The first-order chi connectivity index (χ1) is 5.57. The smallest absolute Gasteiger partial charge is 0.111 e. The molecule has 5 nitrogen and oxygen atoms in total. The summed E-state index contributed by atoms with van der Waals surface area (Å²) in [6.45, 7) is 1.21. The third kappa shape index (κ3) is 1.60. The summed E-state index contributed by atoms with van der Waals surface area (Å²) in [5.41, 5.74) is 0. The lowest BCUT2D eigenvalue weighted by Crippen LogP contribution is -2.57. The van der Waals surface area contributed by atoms with Gasteiger partial charge in [0.2, 0.25) is 0 Å². The minimum Gasteiger partial charge on any atom is -0.394 e. The van der Waals surface area contributed by atoms with E-state index in [0.29, 0.717) is 0 Å². The molecule has 1 rings (SSSR count). The van der Waals surface area contributed by atoms with E-state index in [1.807, 2.05) is 0 Å². The van der Waals surface area contributed by atoms with Crippen LogP contribution in [0.3, 0.4) is 0 Å². The van der Waals surface area contributed by atoms with E-state index in [2.05, 4.69) is 0 Å². The molecule has 0 amide bonds. The first-order valence-electron chi connectivity index (χ1n) is 3.88. The molecule has 5 atom stereocenters. The predicted molar refractivity (Wildman–Crippen MR) is 39.4 cm³/mol. The lowest BCUT2D eigenvalue weighted by atomic mass is 9.96. The standard InChI is InChI=1S/C7H14O5/c1-3-5(9)7(11)6(10)4(2-8)12-3/h3-11H,2H2,1H3/t3-,4?,5+,6?,7+/m1/s1. The van der Waals surface area contributed by atoms with Crippen LogP contribution < -0.4 is 0 Å². The number of aliphatic hydroxyl groups excluding tert-OH is 4. The molecule has 0 aliphatic carbocycles. The maximum Gasteiger partial charge on any atom is 0.111 e. The number of ether oxygens (including phenoxy) is 1. The molecule has 1 saturated heterocycles. The van der Waals surface area contributed by atoms with E-state index in [9.17, 15) is 15.3 Å². The highest BCUT2D eigenvalue weighted by atomic mass is 16.5. The lowest BCUT2D eigenvalue weighted by Gasteiger charge is -2.38. The molecule has 5 heteroatoms. The van der Waals surface area contributed by atoms with Gasteiger partial charge in [-0.1, -0.05) is 0 Å². The molecule has 2 unspecified atom stereocenters. The predicted octanol–water partition coefficient (Wildman–Crippen LogP) is -2.15. The van der Waals surface area contributed by atoms with Crippen LogP contribution in [0.25, 0.3) is 0 Å². The van der Waals surface area contributed by atoms with Crippen molar-refractivity contribution >= 4 is 0 Å². The Morgan fingerprint density at radius 1 is 1.08 bits per heavy atom. The fraction of sp³-hybridized carbons (Fsp3) is 1.00. The van der Waals surface area contributed by atoms with Crippen molar-refractivity contribution in [3.05, 3.63) is 0 Å². The second-order valence-electron chi connectivity index (χ2n) is 3.03. The Balaban J connectivity index is 2.63. The van der Waals surface area contributed by atoms with E-state index in [4.69, 9.17) is 9.84 Å². The SMILES string of the molecule is C[C@H]1OC(CO)C(O)[C@@H](O)[C@H]1O. The average molecular weight is 178 g/mol. The van der Waals surface area contributed by atoms with Crippen molar-refractivity contribution < 1.29 is 25.2 Å². The Morgan fingerprint density at radius 3 is 2.17 bits per heavy atom. The van der Waals surface area contributed by atoms with Gasteiger partial charge in [0, 0.05) is 0 Å². The van der Waals surface area contributed by atoms with E-state index >= 15 is 0 Å². The number of hydrogen-bond donors (Lipinski definition) is 4. The zero-order valence-electron chi connectivity index (χ0n) is 6.79. The van der Waals surface area contributed by atoms with Crippen molar-refractivity contribution in [2.75, 3.05) is 6.61 Å². The minimum absolute atomic E-state index is 0.366. The summed E-state index contributed by atoms with van der Waals surface area (Å²) in [5.74, 6) is 0. The molecule has 1 aliphatic heterocycles. The zero-order chi connectivity index (χ0) is 9.30. The van der Waals surface area contributed by atoms with Crippen molar-refractivity contribution in [1.29, 1.82) is 0 Å². The van der Waals surface area contributed by atoms with Gasteiger partial charge in [-0.15, -0.1) is 0 Å². The largest absolute Gasteiger partial charge is 0.394 e. The number of rotatable bonds is 1. The van der Waals surface area contributed by atoms with Gasteiger partial charge in [0.15, 0.2) is 0 Å². The van der Waals surface area contributed by atoms with Crippen LogP contribution in [0.4, 0.5) is 0 Å². The van der Waals surface area contributed by atoms with Gasteiger partial charge in [-0.2, -0.15) is 0 Å². The van der Waals surface area contributed by atoms with Crippen molar-refractivity contribution in [1.82, 2.24) is 0 Å². The molecule has 12 heavy (non-hydrogen) atoms. The van der Waals surface area contributed by atoms with E-state index in [1.165, 1.54) is 0 Å². The molecule has 0 radical (unpaired) electrons. The van der Waals surface area contributed by atoms with Gasteiger partial charge in [-0.3, -0.25) is 0 Å². The van der Waals surface area contributed by atoms with Crippen molar-refractivity contribution in [3.8, 4) is 0 Å². The lowest BCUT2D eigenvalue weighted by molar-refractivity contribution is -0.224. The fourth-order valence-corrected chi connectivity index (χ4v) is 1.29. The molecule has 1 aliphatic rings. The van der Waals surface area contributed by atoms with Crippen molar-refractivity contribution in [2.45, 2.75) is 37.4 Å². The van der Waals surface area contributed by atoms with Crippen LogP contribution in [-0.2, 0) is 4.74 Å². The van der Waals surface area contributed by atoms with Gasteiger partial charge in [-0.05, 0) is 6.92 Å². The summed E-state index contributed by atoms with van der Waals surface area (Å²) in [5, 5.41) is 36.4. The zero-order valence-corrected chi connectivity index (χ0v) is 6.79. The molecular weight excluding hydrogens is 164 g/mol. The third-order valence-electron chi connectivity index (χ3n) is 2.13. The molecule has 0 bridgehead atoms. The van der Waals surface area contributed by atoms with Gasteiger partial charge >= 0.3 is 0 Å². The number of aliphatic hydroxyl groups is 4. The molecule has 1 fully saturated rings. The van der Waals surface area contributed by atoms with Crippen molar-refractivity contribution in [2.24, 2.45) is 0 Å². The van der Waals surface area contributed by atoms with Crippen molar-refractivity contribution in [3.63, 3.8) is 0 Å². The van der Waals surface area contributed by atoms with Gasteiger partial charge in [0.1, 0.15) is 24.4 Å². The highest BCUT2D eigenvalue weighted by Crippen LogP contribution is 2.20. The second-order valence-corrected chi connectivity index (χ2v) is 3.03. The fourth-order valence-electron chi connectivity index (χ4n) is 1.29. The van der Waals surface area contributed by atoms with Crippen LogP contribution in [0, 0.1) is 0 Å². The summed E-state index contributed by atoms with van der Waals surface area (Å²) in [4.78, 5) is 0. The normalized spacial score (nSPS) is 49.2. The van der Waals surface area contributed by atoms with Gasteiger partial charge < -0.3 is 25.2 Å². The topological polar surface area (TPSA) is 90.2 Å². The maximum absolute atomic E-state index is 9.23. The monoisotopic (exact) mass is 178 g/mol. The molecule has 0 aromatic heterocycles. The maximum atomic E-state index is 9.23. The van der Waals surface area contributed by atoms with Gasteiger partial charge in [-0.25, -0.2) is 0 Å². The Bertz CT molecular complexity index is 146. The Hall–Kier alpha value is -0.200. The molecule has 0 saturated carbocycles. The summed E-state index contributed by atoms with van der Waals surface area (Å²) in [6, 6.07) is 0. The van der Waals surface area contributed by atoms with Crippen LogP contribution >= 0.6 is 0 Å². The van der Waals surface area contributed by atoms with Crippen LogP contribution in [0.5, 0.6) is 0 Å². The quantitative estimate of drug-likeness (QED) is 0.367.